The molecule has 0 saturated heterocycles. The van der Waals surface area contributed by atoms with E-state index < -0.39 is 6.17 Å². The fraction of sp³-hybridized carbons (Fsp3) is 0.0833. The first-order valence-corrected chi connectivity index (χ1v) is 4.67. The summed E-state index contributed by atoms with van der Waals surface area (Å²) in [7, 11) is 0. The zero-order valence-corrected chi connectivity index (χ0v) is 8.10. The van der Waals surface area contributed by atoms with Crippen LogP contribution >= 0.6 is 0 Å². The fourth-order valence-electron chi connectivity index (χ4n) is 1.44. The number of hydrogen-bond donors (Lipinski definition) is 1. The molecule has 0 amide bonds. The van der Waals surface area contributed by atoms with Crippen LogP contribution in [-0.2, 0) is 0 Å². The minimum absolute atomic E-state index is 0.571. The van der Waals surface area contributed by atoms with Crippen molar-refractivity contribution in [1.82, 2.24) is 4.98 Å². The third-order valence-electron chi connectivity index (χ3n) is 2.20. The molecule has 0 spiro atoms. The molecule has 2 nitrogen and oxygen atoms in total. The van der Waals surface area contributed by atoms with E-state index in [9.17, 15) is 4.39 Å². The second-order valence-electron chi connectivity index (χ2n) is 3.31. The molecule has 1 aromatic heterocycles. The van der Waals surface area contributed by atoms with E-state index in [0.29, 0.717) is 16.8 Å². The van der Waals surface area contributed by atoms with Crippen molar-refractivity contribution in [1.29, 1.82) is 0 Å². The molecule has 0 bridgehead atoms. The van der Waals surface area contributed by atoms with Crippen LogP contribution in [0.3, 0.4) is 0 Å². The number of halogens is 1. The number of nitrogens with two attached hydrogens (primary N) is 1. The van der Waals surface area contributed by atoms with Gasteiger partial charge in [-0.05, 0) is 35.4 Å². The van der Waals surface area contributed by atoms with Gasteiger partial charge in [-0.3, -0.25) is 4.98 Å². The van der Waals surface area contributed by atoms with Crippen LogP contribution in [0.2, 0.25) is 0 Å². The van der Waals surface area contributed by atoms with Crippen molar-refractivity contribution >= 4 is 5.69 Å². The SMILES string of the molecule is Nc1cccc(C(F)c2ccncc2)c1. The first-order valence-electron chi connectivity index (χ1n) is 4.67. The highest BCUT2D eigenvalue weighted by Gasteiger charge is 2.11. The summed E-state index contributed by atoms with van der Waals surface area (Å²) in [5, 5.41) is 0. The lowest BCUT2D eigenvalue weighted by molar-refractivity contribution is 0.402. The summed E-state index contributed by atoms with van der Waals surface area (Å²) in [5.74, 6) is 0. The number of benzene rings is 1. The molecule has 0 aliphatic heterocycles. The van der Waals surface area contributed by atoms with Gasteiger partial charge in [-0.15, -0.1) is 0 Å². The van der Waals surface area contributed by atoms with Gasteiger partial charge < -0.3 is 5.73 Å². The van der Waals surface area contributed by atoms with Gasteiger partial charge in [-0.25, -0.2) is 4.39 Å². The second-order valence-corrected chi connectivity index (χ2v) is 3.31. The number of pyridine rings is 1. The van der Waals surface area contributed by atoms with E-state index in [-0.39, 0.29) is 0 Å². The maximum absolute atomic E-state index is 14.0. The van der Waals surface area contributed by atoms with E-state index >= 15 is 0 Å². The Morgan fingerprint density at radius 2 is 1.80 bits per heavy atom. The summed E-state index contributed by atoms with van der Waals surface area (Å²) in [5.41, 5.74) is 7.33. The first-order chi connectivity index (χ1) is 7.27. The fourth-order valence-corrected chi connectivity index (χ4v) is 1.44. The molecule has 1 aromatic carbocycles. The van der Waals surface area contributed by atoms with Crippen LogP contribution in [0, 0.1) is 0 Å². The molecule has 3 heteroatoms. The number of alkyl halides is 1. The molecule has 1 atom stereocenters. The molecule has 15 heavy (non-hydrogen) atoms. The Labute approximate surface area is 87.6 Å². The molecule has 0 aliphatic carbocycles. The Morgan fingerprint density at radius 1 is 1.07 bits per heavy atom. The van der Waals surface area contributed by atoms with Crippen LogP contribution in [0.4, 0.5) is 10.1 Å². The van der Waals surface area contributed by atoms with Crippen LogP contribution in [0.25, 0.3) is 0 Å². The third-order valence-corrected chi connectivity index (χ3v) is 2.20. The van der Waals surface area contributed by atoms with Crippen LogP contribution in [-0.4, -0.2) is 4.98 Å². The monoisotopic (exact) mass is 202 g/mol. The van der Waals surface area contributed by atoms with Gasteiger partial charge in [0.25, 0.3) is 0 Å². The number of rotatable bonds is 2. The lowest BCUT2D eigenvalue weighted by atomic mass is 10.0. The number of hydrogen-bond acceptors (Lipinski definition) is 2. The summed E-state index contributed by atoms with van der Waals surface area (Å²) in [4.78, 5) is 3.85. The summed E-state index contributed by atoms with van der Waals surface area (Å²) in [6, 6.07) is 10.2. The number of anilines is 1. The van der Waals surface area contributed by atoms with Crippen LogP contribution < -0.4 is 5.73 Å². The zero-order chi connectivity index (χ0) is 10.7. The van der Waals surface area contributed by atoms with Gasteiger partial charge in [0.05, 0.1) is 0 Å². The molecule has 1 heterocycles. The van der Waals surface area contributed by atoms with Crippen LogP contribution in [0.15, 0.2) is 48.8 Å². The minimum Gasteiger partial charge on any atom is -0.399 e. The van der Waals surface area contributed by atoms with Gasteiger partial charge in [-0.2, -0.15) is 0 Å². The Balaban J connectivity index is 2.32. The molecule has 2 rings (SSSR count). The minimum atomic E-state index is -1.14. The molecular weight excluding hydrogens is 191 g/mol. The molecule has 2 N–H and O–H groups in total. The van der Waals surface area contributed by atoms with Crippen molar-refractivity contribution in [3.05, 3.63) is 59.9 Å². The Kier molecular flexibility index (Phi) is 2.63. The zero-order valence-electron chi connectivity index (χ0n) is 8.10. The van der Waals surface area contributed by atoms with Gasteiger partial charge in [0.2, 0.25) is 0 Å². The van der Waals surface area contributed by atoms with Gasteiger partial charge in [0.1, 0.15) is 0 Å². The van der Waals surface area contributed by atoms with E-state index in [0.717, 1.165) is 0 Å². The van der Waals surface area contributed by atoms with Crippen molar-refractivity contribution in [2.45, 2.75) is 6.17 Å². The van der Waals surface area contributed by atoms with Crippen molar-refractivity contribution in [3.8, 4) is 0 Å². The highest BCUT2D eigenvalue weighted by Crippen LogP contribution is 2.26. The predicted octanol–water partition coefficient (Wildman–Crippen LogP) is 2.72. The normalized spacial score (nSPS) is 12.3. The summed E-state index contributed by atoms with van der Waals surface area (Å²) >= 11 is 0. The van der Waals surface area contributed by atoms with Gasteiger partial charge in [0.15, 0.2) is 6.17 Å². The summed E-state index contributed by atoms with van der Waals surface area (Å²) in [6.07, 6.45) is 2.01. The lowest BCUT2D eigenvalue weighted by Crippen LogP contribution is -1.95. The molecule has 1 unspecified atom stereocenters. The molecule has 0 saturated carbocycles. The quantitative estimate of drug-likeness (QED) is 0.760. The van der Waals surface area contributed by atoms with Crippen molar-refractivity contribution in [3.63, 3.8) is 0 Å². The smallest absolute Gasteiger partial charge is 0.150 e. The van der Waals surface area contributed by atoms with E-state index in [1.54, 1.807) is 48.8 Å². The molecule has 0 aliphatic rings. The van der Waals surface area contributed by atoms with Gasteiger partial charge >= 0.3 is 0 Å². The maximum atomic E-state index is 14.0. The van der Waals surface area contributed by atoms with Crippen molar-refractivity contribution in [2.24, 2.45) is 0 Å². The van der Waals surface area contributed by atoms with Crippen molar-refractivity contribution in [2.75, 3.05) is 5.73 Å². The lowest BCUT2D eigenvalue weighted by Gasteiger charge is -2.08. The van der Waals surface area contributed by atoms with Gasteiger partial charge in [-0.1, -0.05) is 12.1 Å². The van der Waals surface area contributed by atoms with E-state index in [2.05, 4.69) is 4.98 Å². The number of aromatic nitrogens is 1. The predicted molar refractivity (Wildman–Crippen MR) is 58.0 cm³/mol. The number of nitrogen functional groups attached to an aromatic ring is 1. The molecule has 76 valence electrons. The highest BCUT2D eigenvalue weighted by molar-refractivity contribution is 5.43. The van der Waals surface area contributed by atoms with Crippen molar-refractivity contribution < 1.29 is 4.39 Å². The first kappa shape index (κ1) is 9.65. The van der Waals surface area contributed by atoms with Crippen LogP contribution in [0.5, 0.6) is 0 Å². The largest absolute Gasteiger partial charge is 0.399 e. The van der Waals surface area contributed by atoms with E-state index in [4.69, 9.17) is 5.73 Å². The average molecular weight is 202 g/mol. The van der Waals surface area contributed by atoms with E-state index in [1.165, 1.54) is 0 Å². The Morgan fingerprint density at radius 3 is 2.47 bits per heavy atom. The maximum Gasteiger partial charge on any atom is 0.150 e. The average Bonchev–Trinajstić information content (AvgIpc) is 2.29. The Hall–Kier alpha value is -1.90. The number of nitrogens with zero attached hydrogens (tertiary/aromatic N) is 1. The molecular formula is C12H11FN2. The molecule has 2 aromatic rings. The Bertz CT molecular complexity index is 442. The standard InChI is InChI=1S/C12H11FN2/c13-12(9-4-6-15-7-5-9)10-2-1-3-11(14)8-10/h1-8,12H,14H2. The molecule has 0 fully saturated rings. The van der Waals surface area contributed by atoms with E-state index in [1.807, 2.05) is 0 Å². The van der Waals surface area contributed by atoms with Gasteiger partial charge in [0, 0.05) is 18.1 Å². The van der Waals surface area contributed by atoms with Crippen LogP contribution in [0.1, 0.15) is 17.3 Å². The highest BCUT2D eigenvalue weighted by atomic mass is 19.1. The second kappa shape index (κ2) is 4.09. The topological polar surface area (TPSA) is 38.9 Å². The molecule has 0 radical (unpaired) electrons. The third kappa shape index (κ3) is 2.13. The summed E-state index contributed by atoms with van der Waals surface area (Å²) in [6.45, 7) is 0. The summed E-state index contributed by atoms with van der Waals surface area (Å²) < 4.78 is 14.0.